The Labute approximate surface area is 206 Å². The molecule has 1 aliphatic rings. The number of alkyl halides is 3. The number of halogens is 4. The van der Waals surface area contributed by atoms with Crippen LogP contribution in [0.1, 0.15) is 43.4 Å². The van der Waals surface area contributed by atoms with Gasteiger partial charge in [0, 0.05) is 18.4 Å². The average Bonchev–Trinajstić information content (AvgIpc) is 2.97. The standard InChI is InChI=1S/C25H24F4N4OS/c1-15(31-4)6-5-7-16-8-10-18(11-9-16)33-23(35)32(22(34)24(33,2)3)21-13-19(25(27,28)29)17(14-30)12-20(21)26/h8-13,31H,1,5-7H2,2-4H3. The monoisotopic (exact) mass is 504 g/mol. The van der Waals surface area contributed by atoms with Gasteiger partial charge in [0.05, 0.1) is 22.9 Å². The number of carbonyl (C=O) groups is 1. The molecule has 1 aliphatic heterocycles. The van der Waals surface area contributed by atoms with Crippen LogP contribution < -0.4 is 15.1 Å². The van der Waals surface area contributed by atoms with Crippen molar-refractivity contribution in [1.82, 2.24) is 5.32 Å². The Morgan fingerprint density at radius 1 is 1.23 bits per heavy atom. The second-order valence-electron chi connectivity index (χ2n) is 8.65. The summed E-state index contributed by atoms with van der Waals surface area (Å²) in [5, 5.41) is 11.9. The molecule has 0 aliphatic carbocycles. The van der Waals surface area contributed by atoms with E-state index >= 15 is 0 Å². The average molecular weight is 505 g/mol. The minimum Gasteiger partial charge on any atom is -0.392 e. The zero-order valence-corrected chi connectivity index (χ0v) is 20.3. The molecular formula is C25H24F4N4OS. The van der Waals surface area contributed by atoms with Gasteiger partial charge in [-0.15, -0.1) is 0 Å². The SMILES string of the molecule is C=C(CCCc1ccc(N2C(=S)N(c3cc(C(F)(F)F)c(C#N)cc3F)C(=O)C2(C)C)cc1)NC. The van der Waals surface area contributed by atoms with Crippen LogP contribution in [-0.4, -0.2) is 23.6 Å². The van der Waals surface area contributed by atoms with Crippen molar-refractivity contribution in [3.8, 4) is 6.07 Å². The first kappa shape index (κ1) is 26.2. The van der Waals surface area contributed by atoms with Gasteiger partial charge in [-0.05, 0) is 75.2 Å². The van der Waals surface area contributed by atoms with Gasteiger partial charge in [0.25, 0.3) is 5.91 Å². The largest absolute Gasteiger partial charge is 0.417 e. The Morgan fingerprint density at radius 3 is 2.40 bits per heavy atom. The van der Waals surface area contributed by atoms with Gasteiger partial charge in [0.1, 0.15) is 11.4 Å². The molecule has 2 aromatic carbocycles. The molecule has 0 spiro atoms. The summed E-state index contributed by atoms with van der Waals surface area (Å²) in [4.78, 5) is 15.5. The molecule has 35 heavy (non-hydrogen) atoms. The number of hydrogen-bond donors (Lipinski definition) is 1. The minimum atomic E-state index is -4.91. The predicted octanol–water partition coefficient (Wildman–Crippen LogP) is 5.69. The number of thiocarbonyl (C=S) groups is 1. The van der Waals surface area contributed by atoms with E-state index in [9.17, 15) is 22.4 Å². The van der Waals surface area contributed by atoms with Gasteiger partial charge < -0.3 is 10.2 Å². The number of nitriles is 1. The van der Waals surface area contributed by atoms with Crippen molar-refractivity contribution in [2.24, 2.45) is 0 Å². The molecule has 1 fully saturated rings. The van der Waals surface area contributed by atoms with Crippen molar-refractivity contribution in [2.75, 3.05) is 16.8 Å². The summed E-state index contributed by atoms with van der Waals surface area (Å²) in [5.74, 6) is -1.84. The summed E-state index contributed by atoms with van der Waals surface area (Å²) in [6, 6.07) is 9.58. The van der Waals surface area contributed by atoms with Crippen LogP contribution in [-0.2, 0) is 17.4 Å². The van der Waals surface area contributed by atoms with Crippen LogP contribution in [0.2, 0.25) is 0 Å². The molecule has 184 valence electrons. The molecule has 0 atom stereocenters. The molecule has 1 saturated heterocycles. The topological polar surface area (TPSA) is 59.4 Å². The fraction of sp³-hybridized carbons (Fsp3) is 0.320. The quantitative estimate of drug-likeness (QED) is 0.388. The molecule has 10 heteroatoms. The van der Waals surface area contributed by atoms with E-state index in [0.29, 0.717) is 17.8 Å². The lowest BCUT2D eigenvalue weighted by Gasteiger charge is -2.29. The molecular weight excluding hydrogens is 480 g/mol. The first-order valence-electron chi connectivity index (χ1n) is 10.8. The minimum absolute atomic E-state index is 0.158. The predicted molar refractivity (Wildman–Crippen MR) is 130 cm³/mol. The molecule has 0 radical (unpaired) electrons. The summed E-state index contributed by atoms with van der Waals surface area (Å²) < 4.78 is 55.3. The normalized spacial score (nSPS) is 15.4. The number of anilines is 2. The van der Waals surface area contributed by atoms with Crippen molar-refractivity contribution in [3.63, 3.8) is 0 Å². The van der Waals surface area contributed by atoms with E-state index in [0.717, 1.165) is 35.4 Å². The smallest absolute Gasteiger partial charge is 0.392 e. The maximum absolute atomic E-state index is 14.8. The summed E-state index contributed by atoms with van der Waals surface area (Å²) in [5.41, 5.74) is -1.62. The Kier molecular flexibility index (Phi) is 7.22. The number of hydrogen-bond acceptors (Lipinski definition) is 4. The first-order valence-corrected chi connectivity index (χ1v) is 11.2. The highest BCUT2D eigenvalue weighted by atomic mass is 32.1. The number of benzene rings is 2. The lowest BCUT2D eigenvalue weighted by atomic mass is 10.0. The number of amides is 1. The number of rotatable bonds is 7. The van der Waals surface area contributed by atoms with Gasteiger partial charge in [-0.25, -0.2) is 4.39 Å². The molecule has 0 bridgehead atoms. The van der Waals surface area contributed by atoms with Crippen LogP contribution in [0.15, 0.2) is 48.7 Å². The number of allylic oxidation sites excluding steroid dienone is 1. The van der Waals surface area contributed by atoms with Crippen LogP contribution in [0, 0.1) is 17.1 Å². The maximum Gasteiger partial charge on any atom is 0.417 e. The van der Waals surface area contributed by atoms with E-state index < -0.39 is 40.3 Å². The Balaban J connectivity index is 1.95. The van der Waals surface area contributed by atoms with Crippen molar-refractivity contribution in [3.05, 3.63) is 71.2 Å². The van der Waals surface area contributed by atoms with Crippen molar-refractivity contribution >= 4 is 34.6 Å². The Bertz CT molecular complexity index is 1220. The molecule has 2 aromatic rings. The van der Waals surface area contributed by atoms with Crippen LogP contribution in [0.3, 0.4) is 0 Å². The molecule has 3 rings (SSSR count). The van der Waals surface area contributed by atoms with E-state index in [4.69, 9.17) is 17.5 Å². The van der Waals surface area contributed by atoms with Gasteiger partial charge in [-0.1, -0.05) is 18.7 Å². The van der Waals surface area contributed by atoms with Crippen molar-refractivity contribution in [1.29, 1.82) is 5.26 Å². The number of aryl methyl sites for hydroxylation is 1. The number of nitrogens with one attached hydrogen (secondary N) is 1. The number of nitrogens with zero attached hydrogens (tertiary/aromatic N) is 3. The molecule has 1 N–H and O–H groups in total. The molecule has 1 heterocycles. The second kappa shape index (κ2) is 9.66. The van der Waals surface area contributed by atoms with E-state index in [1.54, 1.807) is 26.0 Å². The van der Waals surface area contributed by atoms with E-state index in [2.05, 4.69) is 11.9 Å². The van der Waals surface area contributed by atoms with Crippen LogP contribution in [0.25, 0.3) is 0 Å². The van der Waals surface area contributed by atoms with Gasteiger partial charge >= 0.3 is 6.18 Å². The molecule has 0 saturated carbocycles. The third kappa shape index (κ3) is 5.00. The summed E-state index contributed by atoms with van der Waals surface area (Å²) >= 11 is 5.46. The summed E-state index contributed by atoms with van der Waals surface area (Å²) in [6.07, 6.45) is -2.40. The summed E-state index contributed by atoms with van der Waals surface area (Å²) in [7, 11) is 1.82. The van der Waals surface area contributed by atoms with Gasteiger partial charge in [0.15, 0.2) is 5.11 Å². The zero-order valence-electron chi connectivity index (χ0n) is 19.5. The van der Waals surface area contributed by atoms with Crippen molar-refractivity contribution < 1.29 is 22.4 Å². The van der Waals surface area contributed by atoms with E-state index in [1.807, 2.05) is 19.2 Å². The van der Waals surface area contributed by atoms with Crippen LogP contribution >= 0.6 is 12.2 Å². The van der Waals surface area contributed by atoms with Crippen LogP contribution in [0.5, 0.6) is 0 Å². The van der Waals surface area contributed by atoms with Gasteiger partial charge in [-0.3, -0.25) is 9.69 Å². The highest BCUT2D eigenvalue weighted by Crippen LogP contribution is 2.40. The van der Waals surface area contributed by atoms with E-state index in [-0.39, 0.29) is 5.11 Å². The lowest BCUT2D eigenvalue weighted by molar-refractivity contribution is -0.137. The van der Waals surface area contributed by atoms with Gasteiger partial charge in [-0.2, -0.15) is 18.4 Å². The first-order chi connectivity index (χ1) is 16.3. The zero-order chi connectivity index (χ0) is 26.1. The highest BCUT2D eigenvalue weighted by molar-refractivity contribution is 7.81. The maximum atomic E-state index is 14.8. The lowest BCUT2D eigenvalue weighted by Crippen LogP contribution is -2.44. The molecule has 0 aromatic heterocycles. The fourth-order valence-corrected chi connectivity index (χ4v) is 4.46. The second-order valence-corrected chi connectivity index (χ2v) is 9.02. The van der Waals surface area contributed by atoms with E-state index in [1.165, 1.54) is 11.0 Å². The van der Waals surface area contributed by atoms with Gasteiger partial charge in [0.2, 0.25) is 0 Å². The third-order valence-corrected chi connectivity index (χ3v) is 6.28. The highest BCUT2D eigenvalue weighted by Gasteiger charge is 2.51. The fourth-order valence-electron chi connectivity index (χ4n) is 3.94. The van der Waals surface area contributed by atoms with Crippen LogP contribution in [0.4, 0.5) is 28.9 Å². The Hall–Kier alpha value is -3.45. The van der Waals surface area contributed by atoms with Crippen molar-refractivity contribution in [2.45, 2.75) is 44.8 Å². The number of carbonyl (C=O) groups excluding carboxylic acids is 1. The molecule has 1 amide bonds. The molecule has 0 unspecified atom stereocenters. The Morgan fingerprint density at radius 2 is 1.86 bits per heavy atom. The summed E-state index contributed by atoms with van der Waals surface area (Å²) in [6.45, 7) is 7.02. The molecule has 5 nitrogen and oxygen atoms in total. The third-order valence-electron chi connectivity index (χ3n) is 5.91.